The van der Waals surface area contributed by atoms with Crippen molar-refractivity contribution in [3.05, 3.63) is 34.3 Å². The van der Waals surface area contributed by atoms with Crippen LogP contribution in [0.5, 0.6) is 0 Å². The van der Waals surface area contributed by atoms with Crippen LogP contribution in [0.3, 0.4) is 0 Å². The van der Waals surface area contributed by atoms with Gasteiger partial charge in [0, 0.05) is 23.9 Å². The monoisotopic (exact) mass is 310 g/mol. The highest BCUT2D eigenvalue weighted by molar-refractivity contribution is 9.10. The first-order valence-corrected chi connectivity index (χ1v) is 7.41. The van der Waals surface area contributed by atoms with Crippen LogP contribution in [-0.4, -0.2) is 18.5 Å². The Labute approximate surface area is 117 Å². The molecule has 1 atom stereocenters. The summed E-state index contributed by atoms with van der Waals surface area (Å²) in [7, 11) is 0. The predicted octanol–water partition coefficient (Wildman–Crippen LogP) is 3.91. The molecule has 98 valence electrons. The minimum Gasteiger partial charge on any atom is -0.378 e. The second kappa shape index (κ2) is 7.05. The van der Waals surface area contributed by atoms with Gasteiger partial charge in [-0.2, -0.15) is 0 Å². The predicted molar refractivity (Wildman–Crippen MR) is 75.7 cm³/mol. The maximum atomic E-state index is 11.9. The molecule has 0 aromatic heterocycles. The van der Waals surface area contributed by atoms with Gasteiger partial charge in [-0.25, -0.2) is 0 Å². The fourth-order valence-corrected chi connectivity index (χ4v) is 2.77. The molecule has 1 fully saturated rings. The topological polar surface area (TPSA) is 26.3 Å². The van der Waals surface area contributed by atoms with Gasteiger partial charge in [0.15, 0.2) is 0 Å². The fraction of sp³-hybridized carbons (Fsp3) is 0.533. The molecule has 0 saturated carbocycles. The number of ether oxygens (including phenoxy) is 1. The van der Waals surface area contributed by atoms with Crippen LogP contribution < -0.4 is 0 Å². The number of halogens is 1. The Kier molecular flexibility index (Phi) is 5.39. The highest BCUT2D eigenvalue weighted by Crippen LogP contribution is 2.18. The van der Waals surface area contributed by atoms with E-state index in [9.17, 15) is 4.79 Å². The van der Waals surface area contributed by atoms with Crippen LogP contribution in [0.1, 0.15) is 37.7 Å². The van der Waals surface area contributed by atoms with E-state index in [1.165, 1.54) is 12.8 Å². The van der Waals surface area contributed by atoms with Gasteiger partial charge in [-0.05, 0) is 43.4 Å². The first-order valence-electron chi connectivity index (χ1n) is 6.62. The molecular weight excluding hydrogens is 292 g/mol. The van der Waals surface area contributed by atoms with Crippen LogP contribution in [0.4, 0.5) is 0 Å². The van der Waals surface area contributed by atoms with Gasteiger partial charge in [0.1, 0.15) is 5.78 Å². The lowest BCUT2D eigenvalue weighted by atomic mass is 10.0. The molecule has 1 aliphatic heterocycles. The second-order valence-corrected chi connectivity index (χ2v) is 5.79. The highest BCUT2D eigenvalue weighted by Gasteiger charge is 2.15. The maximum Gasteiger partial charge on any atom is 0.137 e. The van der Waals surface area contributed by atoms with E-state index < -0.39 is 0 Å². The summed E-state index contributed by atoms with van der Waals surface area (Å²) in [4.78, 5) is 11.9. The molecule has 0 spiro atoms. The molecule has 1 aliphatic rings. The molecule has 3 heteroatoms. The molecule has 18 heavy (non-hydrogen) atoms. The average Bonchev–Trinajstić information content (AvgIpc) is 2.38. The van der Waals surface area contributed by atoms with Crippen molar-refractivity contribution >= 4 is 21.7 Å². The SMILES string of the molecule is O=C(CCC1CCCCO1)Cc1cccc(Br)c1. The summed E-state index contributed by atoms with van der Waals surface area (Å²) in [6, 6.07) is 7.95. The van der Waals surface area contributed by atoms with E-state index in [4.69, 9.17) is 4.74 Å². The van der Waals surface area contributed by atoms with Crippen molar-refractivity contribution < 1.29 is 9.53 Å². The molecule has 1 heterocycles. The van der Waals surface area contributed by atoms with Crippen molar-refractivity contribution in [2.75, 3.05) is 6.61 Å². The van der Waals surface area contributed by atoms with Crippen LogP contribution in [-0.2, 0) is 16.0 Å². The quantitative estimate of drug-likeness (QED) is 0.824. The lowest BCUT2D eigenvalue weighted by molar-refractivity contribution is -0.119. The fourth-order valence-electron chi connectivity index (χ4n) is 2.32. The summed E-state index contributed by atoms with van der Waals surface area (Å²) in [5.74, 6) is 0.308. The van der Waals surface area contributed by atoms with Gasteiger partial charge >= 0.3 is 0 Å². The number of rotatable bonds is 5. The molecule has 2 rings (SSSR count). The third kappa shape index (κ3) is 4.54. The van der Waals surface area contributed by atoms with E-state index in [0.717, 1.165) is 29.5 Å². The van der Waals surface area contributed by atoms with Gasteiger partial charge in [-0.1, -0.05) is 28.1 Å². The largest absolute Gasteiger partial charge is 0.378 e. The molecule has 2 nitrogen and oxygen atoms in total. The van der Waals surface area contributed by atoms with Gasteiger partial charge in [0.05, 0.1) is 6.10 Å². The second-order valence-electron chi connectivity index (χ2n) is 4.87. The van der Waals surface area contributed by atoms with Crippen LogP contribution in [0.15, 0.2) is 28.7 Å². The van der Waals surface area contributed by atoms with E-state index >= 15 is 0 Å². The molecule has 0 amide bonds. The lowest BCUT2D eigenvalue weighted by Gasteiger charge is -2.22. The number of carbonyl (C=O) groups is 1. The highest BCUT2D eigenvalue weighted by atomic mass is 79.9. The minimum atomic E-state index is 0.308. The van der Waals surface area contributed by atoms with Gasteiger partial charge < -0.3 is 4.74 Å². The number of hydrogen-bond acceptors (Lipinski definition) is 2. The summed E-state index contributed by atoms with van der Waals surface area (Å²) >= 11 is 3.42. The molecule has 0 bridgehead atoms. The maximum absolute atomic E-state index is 11.9. The van der Waals surface area contributed by atoms with Crippen molar-refractivity contribution in [2.24, 2.45) is 0 Å². The number of carbonyl (C=O) groups excluding carboxylic acids is 1. The lowest BCUT2D eigenvalue weighted by Crippen LogP contribution is -2.20. The number of hydrogen-bond donors (Lipinski definition) is 0. The van der Waals surface area contributed by atoms with Gasteiger partial charge in [-0.15, -0.1) is 0 Å². The van der Waals surface area contributed by atoms with Crippen molar-refractivity contribution in [1.29, 1.82) is 0 Å². The zero-order chi connectivity index (χ0) is 12.8. The molecule has 0 aliphatic carbocycles. The molecule has 1 saturated heterocycles. The Morgan fingerprint density at radius 2 is 2.28 bits per heavy atom. The Morgan fingerprint density at radius 1 is 1.39 bits per heavy atom. The zero-order valence-electron chi connectivity index (χ0n) is 10.5. The van der Waals surface area contributed by atoms with Gasteiger partial charge in [0.2, 0.25) is 0 Å². The van der Waals surface area contributed by atoms with E-state index in [2.05, 4.69) is 15.9 Å². The molecule has 1 unspecified atom stereocenters. The number of ketones is 1. The molecule has 1 aromatic carbocycles. The summed E-state index contributed by atoms with van der Waals surface area (Å²) in [5, 5.41) is 0. The summed E-state index contributed by atoms with van der Waals surface area (Å²) in [6.07, 6.45) is 5.89. The van der Waals surface area contributed by atoms with Gasteiger partial charge in [0.25, 0.3) is 0 Å². The van der Waals surface area contributed by atoms with E-state index in [1.54, 1.807) is 0 Å². The molecular formula is C15H19BrO2. The third-order valence-corrected chi connectivity index (χ3v) is 3.80. The van der Waals surface area contributed by atoms with Gasteiger partial charge in [-0.3, -0.25) is 4.79 Å². The van der Waals surface area contributed by atoms with Crippen LogP contribution in [0.25, 0.3) is 0 Å². The van der Waals surface area contributed by atoms with Crippen molar-refractivity contribution in [3.8, 4) is 0 Å². The normalized spacial score (nSPS) is 19.7. The Hall–Kier alpha value is -0.670. The van der Waals surface area contributed by atoms with Crippen LogP contribution in [0, 0.1) is 0 Å². The summed E-state index contributed by atoms with van der Waals surface area (Å²) < 4.78 is 6.67. The van der Waals surface area contributed by atoms with E-state index in [0.29, 0.717) is 24.7 Å². The number of Topliss-reactive ketones (excluding diaryl/α,β-unsaturated/α-hetero) is 1. The smallest absolute Gasteiger partial charge is 0.137 e. The standard InChI is InChI=1S/C15H19BrO2/c16-13-5-3-4-12(10-13)11-14(17)7-8-15-6-1-2-9-18-15/h3-5,10,15H,1-2,6-9,11H2. The Morgan fingerprint density at radius 3 is 3.00 bits per heavy atom. The summed E-state index contributed by atoms with van der Waals surface area (Å²) in [5.41, 5.74) is 1.08. The summed E-state index contributed by atoms with van der Waals surface area (Å²) in [6.45, 7) is 0.866. The third-order valence-electron chi connectivity index (χ3n) is 3.31. The average molecular weight is 311 g/mol. The molecule has 0 N–H and O–H groups in total. The van der Waals surface area contributed by atoms with Crippen molar-refractivity contribution in [3.63, 3.8) is 0 Å². The Balaban J connectivity index is 1.74. The zero-order valence-corrected chi connectivity index (χ0v) is 12.1. The first kappa shape index (κ1) is 13.8. The van der Waals surface area contributed by atoms with Crippen molar-refractivity contribution in [2.45, 2.75) is 44.6 Å². The van der Waals surface area contributed by atoms with Crippen LogP contribution in [0.2, 0.25) is 0 Å². The molecule has 0 radical (unpaired) electrons. The Bertz CT molecular complexity index is 397. The number of benzene rings is 1. The molecule has 1 aromatic rings. The van der Waals surface area contributed by atoms with E-state index in [1.807, 2.05) is 24.3 Å². The van der Waals surface area contributed by atoms with Crippen molar-refractivity contribution in [1.82, 2.24) is 0 Å². The van der Waals surface area contributed by atoms with Crippen LogP contribution >= 0.6 is 15.9 Å². The minimum absolute atomic E-state index is 0.308. The van der Waals surface area contributed by atoms with E-state index in [-0.39, 0.29) is 0 Å². The first-order chi connectivity index (χ1) is 8.74.